The maximum atomic E-state index is 4.96. The van der Waals surface area contributed by atoms with Gasteiger partial charge in [0.25, 0.3) is 0 Å². The Morgan fingerprint density at radius 2 is 1.59 bits per heavy atom. The van der Waals surface area contributed by atoms with Gasteiger partial charge in [0.15, 0.2) is 0 Å². The van der Waals surface area contributed by atoms with Crippen molar-refractivity contribution >= 4 is 43.8 Å². The van der Waals surface area contributed by atoms with Crippen molar-refractivity contribution < 1.29 is 0 Å². The van der Waals surface area contributed by atoms with Gasteiger partial charge in [0.05, 0.1) is 5.39 Å². The number of aromatic nitrogens is 2. The number of hydrogen-bond donors (Lipinski definition) is 1. The van der Waals surface area contributed by atoms with E-state index in [0.29, 0.717) is 0 Å². The fraction of sp³-hybridized carbons (Fsp3) is 0.120. The number of nitrogens with zero attached hydrogens (tertiary/aromatic N) is 2. The van der Waals surface area contributed by atoms with E-state index >= 15 is 0 Å². The molecule has 0 bridgehead atoms. The van der Waals surface area contributed by atoms with Crippen molar-refractivity contribution in [1.29, 1.82) is 0 Å². The van der Waals surface area contributed by atoms with Crippen molar-refractivity contribution in [3.8, 4) is 0 Å². The zero-order valence-corrected chi connectivity index (χ0v) is 17.3. The highest BCUT2D eigenvalue weighted by atomic mass is 32.1. The summed E-state index contributed by atoms with van der Waals surface area (Å²) in [5, 5.41) is 7.15. The van der Waals surface area contributed by atoms with Crippen molar-refractivity contribution in [2.24, 2.45) is 0 Å². The fourth-order valence-corrected chi connectivity index (χ4v) is 4.75. The summed E-state index contributed by atoms with van der Waals surface area (Å²) >= 11 is 1.74. The highest BCUT2D eigenvalue weighted by molar-refractivity contribution is 7.18. The van der Waals surface area contributed by atoms with E-state index < -0.39 is 0 Å². The Morgan fingerprint density at radius 3 is 2.45 bits per heavy atom. The molecule has 0 aliphatic carbocycles. The molecule has 142 valence electrons. The molecule has 0 aliphatic rings. The molecule has 0 saturated carbocycles. The summed E-state index contributed by atoms with van der Waals surface area (Å²) in [5.41, 5.74) is 3.53. The number of nitrogens with one attached hydrogen (secondary N) is 1. The van der Waals surface area contributed by atoms with E-state index in [-0.39, 0.29) is 0 Å². The summed E-state index contributed by atoms with van der Waals surface area (Å²) in [4.78, 5) is 12.2. The second-order valence-electron chi connectivity index (χ2n) is 7.27. The molecule has 0 fully saturated rings. The summed E-state index contributed by atoms with van der Waals surface area (Å²) in [6.45, 7) is 4.31. The minimum Gasteiger partial charge on any atom is -0.339 e. The third-order valence-electron chi connectivity index (χ3n) is 5.32. The monoisotopic (exact) mass is 395 g/mol. The molecule has 0 saturated heterocycles. The van der Waals surface area contributed by atoms with Crippen molar-refractivity contribution in [2.45, 2.75) is 20.3 Å². The van der Waals surface area contributed by atoms with Gasteiger partial charge in [-0.3, -0.25) is 0 Å². The number of anilines is 2. The van der Waals surface area contributed by atoms with Gasteiger partial charge in [-0.2, -0.15) is 0 Å². The fourth-order valence-electron chi connectivity index (χ4n) is 3.70. The predicted molar refractivity (Wildman–Crippen MR) is 123 cm³/mol. The Bertz CT molecular complexity index is 1320. The van der Waals surface area contributed by atoms with Gasteiger partial charge in [-0.05, 0) is 36.4 Å². The van der Waals surface area contributed by atoms with E-state index in [1.165, 1.54) is 26.8 Å². The van der Waals surface area contributed by atoms with Crippen LogP contribution in [0.25, 0.3) is 21.0 Å². The maximum Gasteiger partial charge on any atom is 0.143 e. The first-order valence-electron chi connectivity index (χ1n) is 9.74. The van der Waals surface area contributed by atoms with Crippen LogP contribution in [-0.2, 0) is 6.42 Å². The number of fused-ring (bicyclic) bond motifs is 2. The van der Waals surface area contributed by atoms with E-state index in [4.69, 9.17) is 9.97 Å². The molecule has 0 atom stereocenters. The van der Waals surface area contributed by atoms with Crippen LogP contribution in [0.3, 0.4) is 0 Å². The van der Waals surface area contributed by atoms with Crippen LogP contribution in [0.2, 0.25) is 0 Å². The second kappa shape index (κ2) is 7.30. The molecule has 0 radical (unpaired) electrons. The second-order valence-corrected chi connectivity index (χ2v) is 8.47. The summed E-state index contributed by atoms with van der Waals surface area (Å²) in [6.07, 6.45) is 0.719. The lowest BCUT2D eigenvalue weighted by molar-refractivity contribution is 0.999. The first-order valence-corrected chi connectivity index (χ1v) is 10.6. The third kappa shape index (κ3) is 3.36. The van der Waals surface area contributed by atoms with Crippen LogP contribution < -0.4 is 5.32 Å². The molecule has 29 heavy (non-hydrogen) atoms. The topological polar surface area (TPSA) is 37.8 Å². The molecule has 0 unspecified atom stereocenters. The summed E-state index contributed by atoms with van der Waals surface area (Å²) < 4.78 is 0. The molecule has 0 aliphatic heterocycles. The molecule has 5 aromatic rings. The van der Waals surface area contributed by atoms with Gasteiger partial charge in [0, 0.05) is 22.4 Å². The maximum absolute atomic E-state index is 4.96. The SMILES string of the molecule is Cc1sc2nc(Cc3ccccc3)nc(Nc3cccc4ccccc34)c2c1C. The van der Waals surface area contributed by atoms with Crippen LogP contribution in [-0.4, -0.2) is 9.97 Å². The molecule has 0 amide bonds. The van der Waals surface area contributed by atoms with E-state index in [0.717, 1.165) is 34.0 Å². The lowest BCUT2D eigenvalue weighted by Crippen LogP contribution is -2.02. The average Bonchev–Trinajstić information content (AvgIpc) is 3.03. The quantitative estimate of drug-likeness (QED) is 0.364. The van der Waals surface area contributed by atoms with Gasteiger partial charge in [-0.15, -0.1) is 11.3 Å². The molecule has 2 heterocycles. The van der Waals surface area contributed by atoms with Crippen molar-refractivity contribution in [3.63, 3.8) is 0 Å². The predicted octanol–water partition coefficient (Wildman–Crippen LogP) is 6.80. The summed E-state index contributed by atoms with van der Waals surface area (Å²) in [5.74, 6) is 1.73. The average molecular weight is 396 g/mol. The van der Waals surface area contributed by atoms with Gasteiger partial charge in [-0.25, -0.2) is 9.97 Å². The molecule has 3 nitrogen and oxygen atoms in total. The molecular weight excluding hydrogens is 374 g/mol. The molecule has 1 N–H and O–H groups in total. The standard InChI is InChI=1S/C25H21N3S/c1-16-17(2)29-25-23(16)24(27-22(28-25)15-18-9-4-3-5-10-18)26-21-14-8-12-19-11-6-7-13-20(19)21/h3-14H,15H2,1-2H3,(H,26,27,28). The highest BCUT2D eigenvalue weighted by Crippen LogP contribution is 2.36. The Kier molecular flexibility index (Phi) is 4.49. The summed E-state index contributed by atoms with van der Waals surface area (Å²) in [7, 11) is 0. The van der Waals surface area contributed by atoms with Crippen molar-refractivity contribution in [3.05, 3.63) is 94.6 Å². The third-order valence-corrected chi connectivity index (χ3v) is 6.42. The van der Waals surface area contributed by atoms with Gasteiger partial charge < -0.3 is 5.32 Å². The van der Waals surface area contributed by atoms with E-state index in [9.17, 15) is 0 Å². The highest BCUT2D eigenvalue weighted by Gasteiger charge is 2.16. The zero-order chi connectivity index (χ0) is 19.8. The van der Waals surface area contributed by atoms with E-state index in [2.05, 4.69) is 85.9 Å². The molecule has 0 spiro atoms. The van der Waals surface area contributed by atoms with Crippen molar-refractivity contribution in [1.82, 2.24) is 9.97 Å². The van der Waals surface area contributed by atoms with Crippen LogP contribution >= 0.6 is 11.3 Å². The molecule has 5 rings (SSSR count). The Hall–Kier alpha value is -3.24. The normalized spacial score (nSPS) is 11.2. The lowest BCUT2D eigenvalue weighted by atomic mass is 10.1. The number of rotatable bonds is 4. The van der Waals surface area contributed by atoms with Crippen LogP contribution in [0.4, 0.5) is 11.5 Å². The Labute approximate surface area is 174 Å². The molecule has 4 heteroatoms. The zero-order valence-electron chi connectivity index (χ0n) is 16.4. The van der Waals surface area contributed by atoms with E-state index in [1.54, 1.807) is 11.3 Å². The van der Waals surface area contributed by atoms with Gasteiger partial charge in [-0.1, -0.05) is 66.7 Å². The Balaban J connectivity index is 1.65. The first-order chi connectivity index (χ1) is 14.2. The van der Waals surface area contributed by atoms with Crippen LogP contribution in [0.5, 0.6) is 0 Å². The smallest absolute Gasteiger partial charge is 0.143 e. The minimum absolute atomic E-state index is 0.719. The number of aryl methyl sites for hydroxylation is 2. The van der Waals surface area contributed by atoms with Crippen LogP contribution in [0, 0.1) is 13.8 Å². The molecule has 3 aromatic carbocycles. The molecular formula is C25H21N3S. The minimum atomic E-state index is 0.719. The van der Waals surface area contributed by atoms with Crippen LogP contribution in [0.15, 0.2) is 72.8 Å². The van der Waals surface area contributed by atoms with Gasteiger partial charge in [0.1, 0.15) is 16.5 Å². The van der Waals surface area contributed by atoms with Gasteiger partial charge in [0.2, 0.25) is 0 Å². The Morgan fingerprint density at radius 1 is 0.828 bits per heavy atom. The number of hydrogen-bond acceptors (Lipinski definition) is 4. The largest absolute Gasteiger partial charge is 0.339 e. The van der Waals surface area contributed by atoms with Crippen LogP contribution in [0.1, 0.15) is 21.8 Å². The summed E-state index contributed by atoms with van der Waals surface area (Å²) in [6, 6.07) is 25.1. The van der Waals surface area contributed by atoms with Gasteiger partial charge >= 0.3 is 0 Å². The van der Waals surface area contributed by atoms with E-state index in [1.807, 2.05) is 6.07 Å². The van der Waals surface area contributed by atoms with Crippen molar-refractivity contribution in [2.75, 3.05) is 5.32 Å². The lowest BCUT2D eigenvalue weighted by Gasteiger charge is -2.12. The molecule has 2 aromatic heterocycles. The number of thiophene rings is 1. The number of benzene rings is 3. The first kappa shape index (κ1) is 17.8.